The average molecular weight is 226 g/mol. The molecule has 0 aliphatic rings. The number of nitrogens with zero attached hydrogens (tertiary/aromatic N) is 2. The molecule has 0 amide bonds. The van der Waals surface area contributed by atoms with Gasteiger partial charge in [-0.1, -0.05) is 12.8 Å². The van der Waals surface area contributed by atoms with Gasteiger partial charge in [0.1, 0.15) is 0 Å². The van der Waals surface area contributed by atoms with Crippen molar-refractivity contribution in [3.05, 3.63) is 29.9 Å². The lowest BCUT2D eigenvalue weighted by Crippen LogP contribution is -1.90. The fraction of sp³-hybridized carbons (Fsp3) is 0.273. The summed E-state index contributed by atoms with van der Waals surface area (Å²) in [4.78, 5) is 7.32. The minimum Gasteiger partial charge on any atom is -0.229 e. The topological polar surface area (TPSA) is 25.8 Å². The fourth-order valence-corrected chi connectivity index (χ4v) is 0.882. The van der Waals surface area contributed by atoms with E-state index in [9.17, 15) is 13.2 Å². The Morgan fingerprint density at radius 2 is 1.88 bits per heavy atom. The molecular weight excluding hydrogens is 217 g/mol. The summed E-state index contributed by atoms with van der Waals surface area (Å²) in [5, 5.41) is 0. The number of halogens is 3. The van der Waals surface area contributed by atoms with Gasteiger partial charge in [-0.05, 0) is 12.3 Å². The molecule has 84 valence electrons. The first kappa shape index (κ1) is 12.2. The molecule has 0 saturated heterocycles. The molecule has 1 aromatic heterocycles. The smallest absolute Gasteiger partial charge is 0.229 e. The second-order valence-electron chi connectivity index (χ2n) is 2.92. The Kier molecular flexibility index (Phi) is 4.52. The molecule has 1 aromatic rings. The highest BCUT2D eigenvalue weighted by atomic mass is 19.3. The lowest BCUT2D eigenvalue weighted by Gasteiger charge is -1.95. The third-order valence-electron chi connectivity index (χ3n) is 1.65. The summed E-state index contributed by atoms with van der Waals surface area (Å²) in [6, 6.07) is 0. The average Bonchev–Trinajstić information content (AvgIpc) is 2.29. The highest BCUT2D eigenvalue weighted by Gasteiger charge is 2.08. The summed E-state index contributed by atoms with van der Waals surface area (Å²) in [6.45, 7) is 1.98. The van der Waals surface area contributed by atoms with Gasteiger partial charge in [0.15, 0.2) is 5.83 Å². The number of aromatic nitrogens is 2. The van der Waals surface area contributed by atoms with E-state index in [-0.39, 0.29) is 11.4 Å². The highest BCUT2D eigenvalue weighted by Crippen LogP contribution is 2.20. The van der Waals surface area contributed by atoms with E-state index in [1.165, 1.54) is 0 Å². The molecule has 0 atom stereocenters. The highest BCUT2D eigenvalue weighted by molar-refractivity contribution is 5.57. The van der Waals surface area contributed by atoms with Crippen molar-refractivity contribution in [3.63, 3.8) is 0 Å². The van der Waals surface area contributed by atoms with Crippen LogP contribution < -0.4 is 0 Å². The number of hydrogen-bond acceptors (Lipinski definition) is 2. The minimum atomic E-state index is -2.38. The Hall–Kier alpha value is -1.83. The van der Waals surface area contributed by atoms with E-state index in [2.05, 4.69) is 21.8 Å². The van der Waals surface area contributed by atoms with Gasteiger partial charge in [-0.3, -0.25) is 0 Å². The second-order valence-corrected chi connectivity index (χ2v) is 2.92. The lowest BCUT2D eigenvalue weighted by molar-refractivity contribution is 0.410. The van der Waals surface area contributed by atoms with Crippen LogP contribution in [-0.2, 0) is 0 Å². The third-order valence-corrected chi connectivity index (χ3v) is 1.65. The summed E-state index contributed by atoms with van der Waals surface area (Å²) in [5.41, 5.74) is -0.346. The first-order chi connectivity index (χ1) is 7.65. The largest absolute Gasteiger partial charge is 0.306 e. The third kappa shape index (κ3) is 3.39. The molecule has 5 heteroatoms. The normalized spacial score (nSPS) is 9.25. The number of unbranched alkanes of at least 4 members (excludes halogenated alkanes) is 1. The molecule has 1 heterocycles. The summed E-state index contributed by atoms with van der Waals surface area (Å²) < 4.78 is 36.5. The van der Waals surface area contributed by atoms with Gasteiger partial charge in [0.05, 0.1) is 5.56 Å². The second kappa shape index (κ2) is 5.91. The van der Waals surface area contributed by atoms with Gasteiger partial charge in [0.2, 0.25) is 5.82 Å². The number of rotatable bonds is 2. The van der Waals surface area contributed by atoms with Gasteiger partial charge >= 0.3 is 6.08 Å². The lowest BCUT2D eigenvalue weighted by atomic mass is 10.3. The zero-order chi connectivity index (χ0) is 12.0. The van der Waals surface area contributed by atoms with Crippen molar-refractivity contribution in [1.29, 1.82) is 0 Å². The van der Waals surface area contributed by atoms with Crippen LogP contribution in [0.3, 0.4) is 0 Å². The van der Waals surface area contributed by atoms with Crippen LogP contribution in [-0.4, -0.2) is 9.97 Å². The molecule has 0 spiro atoms. The van der Waals surface area contributed by atoms with Crippen LogP contribution in [0.2, 0.25) is 0 Å². The Bertz CT molecular complexity index is 437. The Labute approximate surface area is 91.2 Å². The van der Waals surface area contributed by atoms with E-state index in [4.69, 9.17) is 0 Å². The van der Waals surface area contributed by atoms with E-state index >= 15 is 0 Å². The maximum Gasteiger partial charge on any atom is 0.306 e. The van der Waals surface area contributed by atoms with Crippen LogP contribution in [0.15, 0.2) is 18.5 Å². The molecular formula is C11H9F3N2. The zero-order valence-electron chi connectivity index (χ0n) is 8.60. The molecule has 0 saturated carbocycles. The van der Waals surface area contributed by atoms with Crippen LogP contribution in [0.1, 0.15) is 31.2 Å². The van der Waals surface area contributed by atoms with Crippen molar-refractivity contribution in [2.45, 2.75) is 19.8 Å². The number of hydrogen-bond donors (Lipinski definition) is 0. The first-order valence-electron chi connectivity index (χ1n) is 4.67. The first-order valence-corrected chi connectivity index (χ1v) is 4.67. The minimum absolute atomic E-state index is 0.198. The molecule has 0 fully saturated rings. The van der Waals surface area contributed by atoms with E-state index in [1.54, 1.807) is 0 Å². The summed E-state index contributed by atoms with van der Waals surface area (Å²) >= 11 is 0. The van der Waals surface area contributed by atoms with E-state index in [1.807, 2.05) is 6.92 Å². The Morgan fingerprint density at radius 1 is 1.25 bits per heavy atom. The molecule has 0 aromatic carbocycles. The van der Waals surface area contributed by atoms with Crippen molar-refractivity contribution in [2.24, 2.45) is 0 Å². The van der Waals surface area contributed by atoms with Crippen LogP contribution in [0.25, 0.3) is 5.83 Å². The summed E-state index contributed by atoms with van der Waals surface area (Å²) in [7, 11) is 0. The van der Waals surface area contributed by atoms with Crippen LogP contribution in [0.4, 0.5) is 13.2 Å². The maximum atomic E-state index is 12.7. The van der Waals surface area contributed by atoms with E-state index in [0.29, 0.717) is 6.42 Å². The molecule has 0 unspecified atom stereocenters. The Balaban J connectivity index is 2.85. The SMILES string of the molecule is CCCC#Cc1ncc(C(F)=C(F)F)cn1. The standard InChI is InChI=1S/C11H9F3N2/c1-2-3-4-5-9-15-6-8(7-16-9)10(12)11(13)14/h6-7H,2-3H2,1H3. The fourth-order valence-electron chi connectivity index (χ4n) is 0.882. The van der Waals surface area contributed by atoms with Crippen LogP contribution in [0.5, 0.6) is 0 Å². The monoisotopic (exact) mass is 226 g/mol. The van der Waals surface area contributed by atoms with Crippen molar-refractivity contribution in [2.75, 3.05) is 0 Å². The Morgan fingerprint density at radius 3 is 2.38 bits per heavy atom. The van der Waals surface area contributed by atoms with E-state index in [0.717, 1.165) is 18.8 Å². The van der Waals surface area contributed by atoms with E-state index < -0.39 is 11.9 Å². The predicted octanol–water partition coefficient (Wildman–Crippen LogP) is 3.16. The molecule has 0 N–H and O–H groups in total. The molecule has 0 aliphatic carbocycles. The van der Waals surface area contributed by atoms with Gasteiger partial charge in [-0.2, -0.15) is 8.78 Å². The van der Waals surface area contributed by atoms with Gasteiger partial charge < -0.3 is 0 Å². The molecule has 16 heavy (non-hydrogen) atoms. The van der Waals surface area contributed by atoms with Gasteiger partial charge in [-0.15, -0.1) is 0 Å². The zero-order valence-corrected chi connectivity index (χ0v) is 8.60. The summed E-state index contributed by atoms with van der Waals surface area (Å²) in [5.74, 6) is 4.03. The molecule has 0 radical (unpaired) electrons. The van der Waals surface area contributed by atoms with Crippen LogP contribution >= 0.6 is 0 Å². The molecule has 1 rings (SSSR count). The van der Waals surface area contributed by atoms with Gasteiger partial charge in [0.25, 0.3) is 0 Å². The van der Waals surface area contributed by atoms with Crippen LogP contribution in [0, 0.1) is 11.8 Å². The predicted molar refractivity (Wildman–Crippen MR) is 54.1 cm³/mol. The van der Waals surface area contributed by atoms with Gasteiger partial charge in [0, 0.05) is 18.8 Å². The molecule has 0 aliphatic heterocycles. The quantitative estimate of drug-likeness (QED) is 0.724. The summed E-state index contributed by atoms with van der Waals surface area (Å²) in [6.07, 6.45) is 1.21. The molecule has 0 bridgehead atoms. The van der Waals surface area contributed by atoms with Crippen molar-refractivity contribution >= 4 is 5.83 Å². The van der Waals surface area contributed by atoms with Gasteiger partial charge in [-0.25, -0.2) is 14.4 Å². The van der Waals surface area contributed by atoms with Crippen molar-refractivity contribution < 1.29 is 13.2 Å². The van der Waals surface area contributed by atoms with Crippen molar-refractivity contribution in [3.8, 4) is 11.8 Å². The maximum absolute atomic E-state index is 12.7. The molecule has 2 nitrogen and oxygen atoms in total. The van der Waals surface area contributed by atoms with Crippen molar-refractivity contribution in [1.82, 2.24) is 9.97 Å².